The highest BCUT2D eigenvalue weighted by Crippen LogP contribution is 2.29. The van der Waals surface area contributed by atoms with Gasteiger partial charge in [-0.05, 0) is 74.6 Å². The maximum atomic E-state index is 14.5. The number of allylic oxidation sites excluding steroid dienone is 1. The van der Waals surface area contributed by atoms with E-state index in [9.17, 15) is 18.4 Å². The number of nitrogens with zero attached hydrogens (tertiary/aromatic N) is 3. The van der Waals surface area contributed by atoms with Crippen LogP contribution in [0.25, 0.3) is 0 Å². The maximum Gasteiger partial charge on any atom is 0.255 e. The van der Waals surface area contributed by atoms with E-state index in [1.54, 1.807) is 30.3 Å². The van der Waals surface area contributed by atoms with Crippen molar-refractivity contribution >= 4 is 11.8 Å². The summed E-state index contributed by atoms with van der Waals surface area (Å²) >= 11 is 0. The van der Waals surface area contributed by atoms with Crippen molar-refractivity contribution in [2.24, 2.45) is 5.92 Å². The SMILES string of the molecule is CN(C(=O)c1cccnc1)C(Cc1ccc(F)cc1F)C1CCN(C(=O)CC2=CCCCC2)CC1. The molecule has 35 heavy (non-hydrogen) atoms. The minimum atomic E-state index is -0.623. The van der Waals surface area contributed by atoms with Gasteiger partial charge in [-0.2, -0.15) is 0 Å². The summed E-state index contributed by atoms with van der Waals surface area (Å²) < 4.78 is 28.0. The zero-order valence-corrected chi connectivity index (χ0v) is 20.3. The number of likely N-dealkylation sites (tertiary alicyclic amines) is 1. The molecule has 186 valence electrons. The molecular formula is C28H33F2N3O2. The van der Waals surface area contributed by atoms with Gasteiger partial charge in [-0.15, -0.1) is 0 Å². The Balaban J connectivity index is 1.47. The van der Waals surface area contributed by atoms with Crippen LogP contribution in [0.5, 0.6) is 0 Å². The van der Waals surface area contributed by atoms with Crippen molar-refractivity contribution in [1.82, 2.24) is 14.8 Å². The molecular weight excluding hydrogens is 448 g/mol. The summed E-state index contributed by atoms with van der Waals surface area (Å²) in [6.07, 6.45) is 12.0. The van der Waals surface area contributed by atoms with E-state index in [0.29, 0.717) is 30.6 Å². The van der Waals surface area contributed by atoms with Gasteiger partial charge in [0.15, 0.2) is 0 Å². The Morgan fingerprint density at radius 3 is 2.63 bits per heavy atom. The lowest BCUT2D eigenvalue weighted by Gasteiger charge is -2.40. The lowest BCUT2D eigenvalue weighted by Crippen LogP contribution is -2.48. The molecule has 1 fully saturated rings. The summed E-state index contributed by atoms with van der Waals surface area (Å²) in [5, 5.41) is 0. The molecule has 5 nitrogen and oxygen atoms in total. The molecule has 2 heterocycles. The molecule has 1 aliphatic carbocycles. The van der Waals surface area contributed by atoms with Crippen molar-refractivity contribution in [3.63, 3.8) is 0 Å². The number of carbonyl (C=O) groups excluding carboxylic acids is 2. The van der Waals surface area contributed by atoms with Gasteiger partial charge in [0.25, 0.3) is 5.91 Å². The number of hydrogen-bond acceptors (Lipinski definition) is 3. The molecule has 0 radical (unpaired) electrons. The van der Waals surface area contributed by atoms with E-state index in [2.05, 4.69) is 11.1 Å². The van der Waals surface area contributed by atoms with Crippen molar-refractivity contribution in [2.45, 2.75) is 57.4 Å². The third kappa shape index (κ3) is 6.32. The van der Waals surface area contributed by atoms with Gasteiger partial charge in [0.2, 0.25) is 5.91 Å². The molecule has 4 rings (SSSR count). The third-order valence-corrected chi connectivity index (χ3v) is 7.37. The van der Waals surface area contributed by atoms with Gasteiger partial charge in [-0.1, -0.05) is 17.7 Å². The topological polar surface area (TPSA) is 53.5 Å². The lowest BCUT2D eigenvalue weighted by molar-refractivity contribution is -0.132. The molecule has 1 aromatic carbocycles. The van der Waals surface area contributed by atoms with Crippen molar-refractivity contribution < 1.29 is 18.4 Å². The number of benzene rings is 1. The summed E-state index contributed by atoms with van der Waals surface area (Å²) in [5.74, 6) is -1.16. The number of amides is 2. The molecule has 7 heteroatoms. The number of aromatic nitrogens is 1. The fourth-order valence-corrected chi connectivity index (χ4v) is 5.28. The van der Waals surface area contributed by atoms with Crippen LogP contribution in [0, 0.1) is 17.6 Å². The number of likely N-dealkylation sites (N-methyl/N-ethyl adjacent to an activating group) is 1. The van der Waals surface area contributed by atoms with Crippen LogP contribution in [-0.4, -0.2) is 52.8 Å². The van der Waals surface area contributed by atoms with Gasteiger partial charge in [-0.25, -0.2) is 8.78 Å². The molecule has 1 unspecified atom stereocenters. The average Bonchev–Trinajstić information content (AvgIpc) is 2.89. The molecule has 0 saturated carbocycles. The standard InChI is InChI=1S/C28H33F2N3O2/c1-32(28(35)23-8-5-13-31-19-23)26(17-22-9-10-24(29)18-25(22)30)21-11-14-33(15-12-21)27(34)16-20-6-3-2-4-7-20/h5-6,8-10,13,18-19,21,26H,2-4,7,11-12,14-17H2,1H3. The van der Waals surface area contributed by atoms with Gasteiger partial charge in [0, 0.05) is 51.1 Å². The van der Waals surface area contributed by atoms with Crippen molar-refractivity contribution in [1.29, 1.82) is 0 Å². The number of rotatable bonds is 7. The Labute approximate surface area is 205 Å². The minimum absolute atomic E-state index is 0.0861. The molecule has 2 amide bonds. The highest BCUT2D eigenvalue weighted by atomic mass is 19.1. The summed E-state index contributed by atoms with van der Waals surface area (Å²) in [6.45, 7) is 1.24. The number of halogens is 2. The minimum Gasteiger partial charge on any atom is -0.342 e. The quantitative estimate of drug-likeness (QED) is 0.513. The number of piperidine rings is 1. The predicted octanol–water partition coefficient (Wildman–Crippen LogP) is 5.17. The molecule has 1 aliphatic heterocycles. The van der Waals surface area contributed by atoms with Gasteiger partial charge in [0.1, 0.15) is 11.6 Å². The van der Waals surface area contributed by atoms with E-state index >= 15 is 0 Å². The van der Waals surface area contributed by atoms with Gasteiger partial charge < -0.3 is 9.80 Å². The van der Waals surface area contributed by atoms with Crippen molar-refractivity contribution in [2.75, 3.05) is 20.1 Å². The van der Waals surface area contributed by atoms with Crippen LogP contribution in [0.4, 0.5) is 8.78 Å². The summed E-state index contributed by atoms with van der Waals surface area (Å²) in [5.41, 5.74) is 2.09. The Morgan fingerprint density at radius 1 is 1.17 bits per heavy atom. The van der Waals surface area contributed by atoms with Crippen LogP contribution in [0.1, 0.15) is 60.9 Å². The first kappa shape index (κ1) is 25.0. The summed E-state index contributed by atoms with van der Waals surface area (Å²) in [4.78, 5) is 33.7. The Morgan fingerprint density at radius 2 is 1.97 bits per heavy atom. The van der Waals surface area contributed by atoms with E-state index in [0.717, 1.165) is 38.2 Å². The zero-order chi connectivity index (χ0) is 24.8. The Hall–Kier alpha value is -3.09. The first-order valence-corrected chi connectivity index (χ1v) is 12.5. The van der Waals surface area contributed by atoms with E-state index in [4.69, 9.17) is 0 Å². The van der Waals surface area contributed by atoms with E-state index < -0.39 is 11.6 Å². The molecule has 1 atom stereocenters. The van der Waals surface area contributed by atoms with Gasteiger partial charge >= 0.3 is 0 Å². The van der Waals surface area contributed by atoms with E-state index in [1.807, 2.05) is 4.90 Å². The first-order chi connectivity index (χ1) is 16.9. The molecule has 0 N–H and O–H groups in total. The number of carbonyl (C=O) groups is 2. The highest BCUT2D eigenvalue weighted by Gasteiger charge is 2.33. The molecule has 0 spiro atoms. The normalized spacial score (nSPS) is 17.6. The smallest absolute Gasteiger partial charge is 0.255 e. The van der Waals surface area contributed by atoms with Crippen LogP contribution >= 0.6 is 0 Å². The Kier molecular flexibility index (Phi) is 8.26. The second-order valence-electron chi connectivity index (χ2n) is 9.67. The number of pyridine rings is 1. The van der Waals surface area contributed by atoms with Crippen LogP contribution in [0.15, 0.2) is 54.4 Å². The lowest BCUT2D eigenvalue weighted by atomic mass is 9.84. The molecule has 2 aliphatic rings. The largest absolute Gasteiger partial charge is 0.342 e. The molecule has 1 aromatic heterocycles. The van der Waals surface area contributed by atoms with E-state index in [-0.39, 0.29) is 30.2 Å². The summed E-state index contributed by atoms with van der Waals surface area (Å²) in [7, 11) is 1.73. The van der Waals surface area contributed by atoms with Crippen LogP contribution in [0.3, 0.4) is 0 Å². The molecule has 1 saturated heterocycles. The summed E-state index contributed by atoms with van der Waals surface area (Å²) in [6, 6.07) is 6.72. The number of hydrogen-bond donors (Lipinski definition) is 0. The predicted molar refractivity (Wildman–Crippen MR) is 131 cm³/mol. The van der Waals surface area contributed by atoms with Crippen molar-refractivity contribution in [3.8, 4) is 0 Å². The van der Waals surface area contributed by atoms with Gasteiger partial charge in [-0.3, -0.25) is 14.6 Å². The fraction of sp³-hybridized carbons (Fsp3) is 0.464. The highest BCUT2D eigenvalue weighted by molar-refractivity contribution is 5.94. The van der Waals surface area contributed by atoms with Crippen LogP contribution in [0.2, 0.25) is 0 Å². The molecule has 2 aromatic rings. The van der Waals surface area contributed by atoms with Crippen molar-refractivity contribution in [3.05, 3.63) is 77.1 Å². The fourth-order valence-electron chi connectivity index (χ4n) is 5.28. The van der Waals surface area contributed by atoms with Crippen LogP contribution < -0.4 is 0 Å². The monoisotopic (exact) mass is 481 g/mol. The molecule has 0 bridgehead atoms. The van der Waals surface area contributed by atoms with Gasteiger partial charge in [0.05, 0.1) is 5.56 Å². The zero-order valence-electron chi connectivity index (χ0n) is 20.3. The Bertz CT molecular complexity index is 1070. The van der Waals surface area contributed by atoms with Crippen LogP contribution in [-0.2, 0) is 11.2 Å². The third-order valence-electron chi connectivity index (χ3n) is 7.37. The van der Waals surface area contributed by atoms with E-state index in [1.165, 1.54) is 30.3 Å². The average molecular weight is 482 g/mol. The first-order valence-electron chi connectivity index (χ1n) is 12.5. The maximum absolute atomic E-state index is 14.5. The second-order valence-corrected chi connectivity index (χ2v) is 9.67. The second kappa shape index (κ2) is 11.6.